The molecule has 190 valence electrons. The number of hydrogen-bond acceptors (Lipinski definition) is 9. The second-order valence-corrected chi connectivity index (χ2v) is 10.5. The number of aromatic nitrogens is 1. The zero-order valence-electron chi connectivity index (χ0n) is 20.2. The fourth-order valence-corrected chi connectivity index (χ4v) is 6.71. The van der Waals surface area contributed by atoms with E-state index in [-0.39, 0.29) is 23.0 Å². The standard InChI is InChI=1S/C25H22N4O6S2/c1-13(30)28-9-8-14-21(12-28)37-25(22(14)24-26-16-6-4-5-7-20(16)36-24)27-23(31)15-10-18(34-2)19(35-3)11-17(15)29(32)33/h4-7,10-11H,8-9,12H2,1-3H3,(H,27,31). The van der Waals surface area contributed by atoms with Crippen molar-refractivity contribution in [2.24, 2.45) is 0 Å². The third-order valence-corrected chi connectivity index (χ3v) is 8.37. The number of nitro benzene ring substituents is 1. The van der Waals surface area contributed by atoms with E-state index >= 15 is 0 Å². The Morgan fingerprint density at radius 3 is 2.54 bits per heavy atom. The predicted molar refractivity (Wildman–Crippen MR) is 142 cm³/mol. The van der Waals surface area contributed by atoms with Crippen LogP contribution in [0.3, 0.4) is 0 Å². The van der Waals surface area contributed by atoms with Crippen molar-refractivity contribution in [2.75, 3.05) is 26.1 Å². The Balaban J connectivity index is 1.61. The van der Waals surface area contributed by atoms with E-state index < -0.39 is 16.5 Å². The molecule has 0 radical (unpaired) electrons. The highest BCUT2D eigenvalue weighted by Crippen LogP contribution is 2.46. The van der Waals surface area contributed by atoms with Gasteiger partial charge in [-0.2, -0.15) is 0 Å². The van der Waals surface area contributed by atoms with E-state index in [9.17, 15) is 19.7 Å². The third kappa shape index (κ3) is 4.49. The molecule has 0 spiro atoms. The molecule has 0 bridgehead atoms. The van der Waals surface area contributed by atoms with Crippen LogP contribution < -0.4 is 14.8 Å². The van der Waals surface area contributed by atoms with Crippen LogP contribution in [0.25, 0.3) is 20.8 Å². The second-order valence-electron chi connectivity index (χ2n) is 8.32. The van der Waals surface area contributed by atoms with Crippen LogP contribution >= 0.6 is 22.7 Å². The number of benzene rings is 2. The summed E-state index contributed by atoms with van der Waals surface area (Å²) in [5.74, 6) is -0.326. The number of hydrogen-bond donors (Lipinski definition) is 1. The Morgan fingerprint density at radius 1 is 1.14 bits per heavy atom. The summed E-state index contributed by atoms with van der Waals surface area (Å²) in [6.45, 7) is 2.52. The summed E-state index contributed by atoms with van der Waals surface area (Å²) in [7, 11) is 2.76. The SMILES string of the molecule is COc1cc(C(=O)Nc2sc3c(c2-c2nc4ccccc4s2)CCN(C(C)=O)C3)c([N+](=O)[O-])cc1OC. The van der Waals surface area contributed by atoms with Gasteiger partial charge in [-0.15, -0.1) is 22.7 Å². The molecule has 3 heterocycles. The molecule has 2 aromatic carbocycles. The molecule has 0 unspecified atom stereocenters. The van der Waals surface area contributed by atoms with Crippen molar-refractivity contribution in [1.82, 2.24) is 9.88 Å². The Bertz CT molecular complexity index is 1530. The number of thiophene rings is 1. The van der Waals surface area contributed by atoms with Crippen molar-refractivity contribution in [1.29, 1.82) is 0 Å². The van der Waals surface area contributed by atoms with E-state index in [0.717, 1.165) is 31.2 Å². The second kappa shape index (κ2) is 9.79. The lowest BCUT2D eigenvalue weighted by Crippen LogP contribution is -2.33. The van der Waals surface area contributed by atoms with Crippen LogP contribution in [0.1, 0.15) is 27.7 Å². The van der Waals surface area contributed by atoms with Gasteiger partial charge in [0, 0.05) is 30.0 Å². The summed E-state index contributed by atoms with van der Waals surface area (Å²) in [5.41, 5.74) is 2.10. The molecular weight excluding hydrogens is 516 g/mol. The lowest BCUT2D eigenvalue weighted by Gasteiger charge is -2.26. The minimum Gasteiger partial charge on any atom is -0.493 e. The molecule has 2 amide bonds. The Hall–Kier alpha value is -4.03. The first-order chi connectivity index (χ1) is 17.8. The normalized spacial score (nSPS) is 12.8. The molecule has 0 atom stereocenters. The minimum absolute atomic E-state index is 0.0212. The fraction of sp³-hybridized carbons (Fsp3) is 0.240. The maximum atomic E-state index is 13.5. The first-order valence-corrected chi connectivity index (χ1v) is 12.9. The van der Waals surface area contributed by atoms with Crippen LogP contribution in [0.2, 0.25) is 0 Å². The van der Waals surface area contributed by atoms with E-state index in [1.165, 1.54) is 55.9 Å². The molecule has 0 saturated carbocycles. The summed E-state index contributed by atoms with van der Waals surface area (Å²) < 4.78 is 11.4. The number of nitrogens with zero attached hydrogens (tertiary/aromatic N) is 3. The highest BCUT2D eigenvalue weighted by molar-refractivity contribution is 7.23. The molecule has 1 aliphatic heterocycles. The van der Waals surface area contributed by atoms with Gasteiger partial charge in [0.05, 0.1) is 42.0 Å². The van der Waals surface area contributed by atoms with Crippen LogP contribution in [0.5, 0.6) is 11.5 Å². The van der Waals surface area contributed by atoms with Gasteiger partial charge in [0.2, 0.25) is 5.91 Å². The van der Waals surface area contributed by atoms with Crippen molar-refractivity contribution < 1.29 is 24.0 Å². The summed E-state index contributed by atoms with van der Waals surface area (Å²) in [6.07, 6.45) is 0.614. The molecule has 12 heteroatoms. The van der Waals surface area contributed by atoms with Gasteiger partial charge in [-0.3, -0.25) is 19.7 Å². The topological polar surface area (TPSA) is 124 Å². The van der Waals surface area contributed by atoms with E-state index in [0.29, 0.717) is 24.5 Å². The summed E-state index contributed by atoms with van der Waals surface area (Å²) in [4.78, 5) is 44.2. The van der Waals surface area contributed by atoms with E-state index in [4.69, 9.17) is 14.5 Å². The first kappa shape index (κ1) is 24.7. The lowest BCUT2D eigenvalue weighted by molar-refractivity contribution is -0.385. The third-order valence-electron chi connectivity index (χ3n) is 6.18. The number of carbonyl (C=O) groups excluding carboxylic acids is 2. The van der Waals surface area contributed by atoms with Gasteiger partial charge in [-0.25, -0.2) is 4.98 Å². The van der Waals surface area contributed by atoms with Crippen LogP contribution in [0, 0.1) is 10.1 Å². The average molecular weight is 539 g/mol. The van der Waals surface area contributed by atoms with Crippen LogP contribution in [0.4, 0.5) is 10.7 Å². The molecule has 5 rings (SSSR count). The number of nitrogens with one attached hydrogen (secondary N) is 1. The smallest absolute Gasteiger partial charge is 0.286 e. The fourth-order valence-electron chi connectivity index (χ4n) is 4.34. The zero-order chi connectivity index (χ0) is 26.3. The number of methoxy groups -OCH3 is 2. The maximum Gasteiger partial charge on any atom is 0.286 e. The molecule has 1 N–H and O–H groups in total. The van der Waals surface area contributed by atoms with Gasteiger partial charge in [-0.1, -0.05) is 12.1 Å². The molecule has 0 aliphatic carbocycles. The number of anilines is 1. The van der Waals surface area contributed by atoms with E-state index in [2.05, 4.69) is 5.32 Å². The maximum absolute atomic E-state index is 13.5. The molecule has 4 aromatic rings. The highest BCUT2D eigenvalue weighted by atomic mass is 32.1. The number of rotatable bonds is 6. The predicted octanol–water partition coefficient (Wildman–Crippen LogP) is 5.11. The number of ether oxygens (including phenoxy) is 2. The van der Waals surface area contributed by atoms with Crippen molar-refractivity contribution in [3.63, 3.8) is 0 Å². The molecular formula is C25H22N4O6S2. The van der Waals surface area contributed by atoms with Gasteiger partial charge < -0.3 is 19.7 Å². The number of nitro groups is 1. The Morgan fingerprint density at radius 2 is 1.86 bits per heavy atom. The largest absolute Gasteiger partial charge is 0.493 e. The van der Waals surface area contributed by atoms with Crippen LogP contribution in [-0.4, -0.2) is 47.4 Å². The van der Waals surface area contributed by atoms with Crippen molar-refractivity contribution in [2.45, 2.75) is 19.9 Å². The Labute approximate surface area is 219 Å². The monoisotopic (exact) mass is 538 g/mol. The van der Waals surface area contributed by atoms with Gasteiger partial charge in [-0.05, 0) is 24.1 Å². The van der Waals surface area contributed by atoms with Crippen molar-refractivity contribution >= 4 is 55.4 Å². The zero-order valence-corrected chi connectivity index (χ0v) is 21.8. The lowest BCUT2D eigenvalue weighted by atomic mass is 10.0. The van der Waals surface area contributed by atoms with Crippen LogP contribution in [-0.2, 0) is 17.8 Å². The molecule has 0 saturated heterocycles. The van der Waals surface area contributed by atoms with Gasteiger partial charge in [0.1, 0.15) is 15.6 Å². The first-order valence-electron chi connectivity index (χ1n) is 11.3. The quantitative estimate of drug-likeness (QED) is 0.267. The summed E-state index contributed by atoms with van der Waals surface area (Å²) >= 11 is 2.87. The van der Waals surface area contributed by atoms with E-state index in [1.54, 1.807) is 4.90 Å². The van der Waals surface area contributed by atoms with Crippen LogP contribution in [0.15, 0.2) is 36.4 Å². The summed E-state index contributed by atoms with van der Waals surface area (Å²) in [6, 6.07) is 10.2. The average Bonchev–Trinajstić information content (AvgIpc) is 3.47. The molecule has 1 aliphatic rings. The molecule has 0 fully saturated rings. The highest BCUT2D eigenvalue weighted by Gasteiger charge is 2.30. The number of amides is 2. The number of fused-ring (bicyclic) bond motifs is 2. The van der Waals surface area contributed by atoms with Crippen molar-refractivity contribution in [3.05, 3.63) is 62.5 Å². The van der Waals surface area contributed by atoms with Gasteiger partial charge in [0.25, 0.3) is 11.6 Å². The number of para-hydroxylation sites is 1. The van der Waals surface area contributed by atoms with E-state index in [1.807, 2.05) is 24.3 Å². The molecule has 37 heavy (non-hydrogen) atoms. The van der Waals surface area contributed by atoms with Gasteiger partial charge >= 0.3 is 0 Å². The molecule has 10 nitrogen and oxygen atoms in total. The Kier molecular flexibility index (Phi) is 6.52. The van der Waals surface area contributed by atoms with Gasteiger partial charge in [0.15, 0.2) is 11.5 Å². The number of thiazole rings is 1. The number of carbonyl (C=O) groups is 2. The summed E-state index contributed by atoms with van der Waals surface area (Å²) in [5, 5.41) is 16.0. The molecule has 2 aromatic heterocycles. The minimum atomic E-state index is -0.656. The van der Waals surface area contributed by atoms with Crippen molar-refractivity contribution in [3.8, 4) is 22.1 Å².